The van der Waals surface area contributed by atoms with Crippen LogP contribution in [0.15, 0.2) is 41.4 Å². The first-order valence-corrected chi connectivity index (χ1v) is 10.2. The zero-order valence-corrected chi connectivity index (χ0v) is 17.8. The van der Waals surface area contributed by atoms with Gasteiger partial charge in [-0.25, -0.2) is 4.99 Å². The zero-order chi connectivity index (χ0) is 20.4. The lowest BCUT2D eigenvalue weighted by Crippen LogP contribution is -2.30. The van der Waals surface area contributed by atoms with Crippen LogP contribution in [0.2, 0.25) is 5.02 Å². The van der Waals surface area contributed by atoms with Crippen LogP contribution in [0.5, 0.6) is 0 Å². The lowest BCUT2D eigenvalue weighted by Gasteiger charge is -2.14. The van der Waals surface area contributed by atoms with E-state index in [1.165, 1.54) is 16.7 Å². The van der Waals surface area contributed by atoms with Gasteiger partial charge in [-0.3, -0.25) is 14.5 Å². The maximum Gasteiger partial charge on any atom is 0.242 e. The van der Waals surface area contributed by atoms with Gasteiger partial charge in [0.25, 0.3) is 0 Å². The monoisotopic (exact) mass is 415 g/mol. The molecule has 7 heteroatoms. The summed E-state index contributed by atoms with van der Waals surface area (Å²) >= 11 is 7.20. The second-order valence-corrected chi connectivity index (χ2v) is 8.51. The summed E-state index contributed by atoms with van der Waals surface area (Å²) < 4.78 is 0. The molecule has 0 saturated carbocycles. The number of carbonyl (C=O) groups is 2. The number of anilines is 1. The van der Waals surface area contributed by atoms with Crippen molar-refractivity contribution in [2.24, 2.45) is 4.99 Å². The molecule has 1 fully saturated rings. The van der Waals surface area contributed by atoms with Crippen molar-refractivity contribution in [1.82, 2.24) is 4.90 Å². The fourth-order valence-corrected chi connectivity index (χ4v) is 4.44. The smallest absolute Gasteiger partial charge is 0.242 e. The molecule has 1 N–H and O–H groups in total. The Bertz CT molecular complexity index is 934. The number of benzene rings is 2. The van der Waals surface area contributed by atoms with Crippen molar-refractivity contribution in [1.29, 1.82) is 0 Å². The molecule has 28 heavy (non-hydrogen) atoms. The van der Waals surface area contributed by atoms with Gasteiger partial charge >= 0.3 is 0 Å². The lowest BCUT2D eigenvalue weighted by atomic mass is 10.0. The van der Waals surface area contributed by atoms with Gasteiger partial charge in [0.2, 0.25) is 11.8 Å². The Hall–Kier alpha value is -2.31. The summed E-state index contributed by atoms with van der Waals surface area (Å²) in [7, 11) is 1.68. The van der Waals surface area contributed by atoms with Gasteiger partial charge in [-0.1, -0.05) is 41.1 Å². The molecule has 2 amide bonds. The standard InChI is InChI=1S/C21H22ClN3O2S/c1-12-9-13(2)19(14(3)10-12)24-18(26)11-17-20(27)25(4)21(28-17)23-16-7-5-15(22)6-8-16/h5-10,17H,11H2,1-4H3,(H,24,26)/t17-/m1/s1. The Morgan fingerprint density at radius 2 is 1.79 bits per heavy atom. The molecule has 2 aromatic rings. The van der Waals surface area contributed by atoms with E-state index in [0.717, 1.165) is 22.4 Å². The number of amidine groups is 1. The largest absolute Gasteiger partial charge is 0.326 e. The summed E-state index contributed by atoms with van der Waals surface area (Å²) in [6, 6.07) is 11.1. The normalized spacial score (nSPS) is 18.0. The van der Waals surface area contributed by atoms with E-state index in [1.807, 2.05) is 32.9 Å². The second kappa shape index (κ2) is 8.37. The molecule has 1 heterocycles. The van der Waals surface area contributed by atoms with E-state index in [2.05, 4.69) is 10.3 Å². The van der Waals surface area contributed by atoms with Crippen molar-refractivity contribution in [2.45, 2.75) is 32.4 Å². The number of amides is 2. The molecule has 0 aromatic heterocycles. The van der Waals surface area contributed by atoms with Crippen LogP contribution < -0.4 is 5.32 Å². The van der Waals surface area contributed by atoms with Crippen LogP contribution in [-0.4, -0.2) is 34.2 Å². The maximum atomic E-state index is 12.6. The van der Waals surface area contributed by atoms with Gasteiger partial charge in [-0.2, -0.15) is 0 Å². The third kappa shape index (κ3) is 4.56. The summed E-state index contributed by atoms with van der Waals surface area (Å²) in [6.07, 6.45) is 0.0975. The first kappa shape index (κ1) is 20.4. The first-order valence-electron chi connectivity index (χ1n) is 8.91. The van der Waals surface area contributed by atoms with E-state index in [4.69, 9.17) is 11.6 Å². The number of thioether (sulfide) groups is 1. The van der Waals surface area contributed by atoms with Gasteiger partial charge in [0.1, 0.15) is 5.25 Å². The van der Waals surface area contributed by atoms with Crippen LogP contribution in [-0.2, 0) is 9.59 Å². The van der Waals surface area contributed by atoms with Crippen LogP contribution in [0.25, 0.3) is 0 Å². The summed E-state index contributed by atoms with van der Waals surface area (Å²) in [5.74, 6) is -0.299. The minimum Gasteiger partial charge on any atom is -0.326 e. The molecule has 1 saturated heterocycles. The molecular formula is C21H22ClN3O2S. The minimum atomic E-state index is -0.484. The van der Waals surface area contributed by atoms with Crippen LogP contribution in [0.1, 0.15) is 23.1 Å². The first-order chi connectivity index (χ1) is 13.2. The summed E-state index contributed by atoms with van der Waals surface area (Å²) in [5, 5.41) is 3.68. The van der Waals surface area contributed by atoms with E-state index in [-0.39, 0.29) is 18.2 Å². The van der Waals surface area contributed by atoms with E-state index >= 15 is 0 Å². The SMILES string of the molecule is Cc1cc(C)c(NC(=O)C[C@H]2SC(=Nc3ccc(Cl)cc3)N(C)C2=O)c(C)c1. The Morgan fingerprint density at radius 3 is 2.39 bits per heavy atom. The number of hydrogen-bond donors (Lipinski definition) is 1. The summed E-state index contributed by atoms with van der Waals surface area (Å²) in [5.41, 5.74) is 4.70. The van der Waals surface area contributed by atoms with Crippen LogP contribution in [0, 0.1) is 20.8 Å². The Kier molecular flexibility index (Phi) is 6.10. The molecule has 0 spiro atoms. The molecule has 0 aliphatic carbocycles. The fourth-order valence-electron chi connectivity index (χ4n) is 3.16. The number of carbonyl (C=O) groups excluding carboxylic acids is 2. The number of rotatable bonds is 4. The highest BCUT2D eigenvalue weighted by Crippen LogP contribution is 2.31. The van der Waals surface area contributed by atoms with Gasteiger partial charge < -0.3 is 5.32 Å². The van der Waals surface area contributed by atoms with Crippen molar-refractivity contribution in [3.8, 4) is 0 Å². The van der Waals surface area contributed by atoms with Gasteiger partial charge in [0, 0.05) is 24.2 Å². The number of hydrogen-bond acceptors (Lipinski definition) is 4. The molecule has 2 aromatic carbocycles. The molecule has 1 aliphatic heterocycles. The topological polar surface area (TPSA) is 61.8 Å². The number of halogens is 1. The number of aliphatic imine (C=N–C) groups is 1. The van der Waals surface area contributed by atoms with Crippen molar-refractivity contribution in [3.63, 3.8) is 0 Å². The quantitative estimate of drug-likeness (QED) is 0.775. The molecule has 1 atom stereocenters. The second-order valence-electron chi connectivity index (χ2n) is 6.90. The lowest BCUT2D eigenvalue weighted by molar-refractivity contribution is -0.127. The third-order valence-electron chi connectivity index (χ3n) is 4.50. The van der Waals surface area contributed by atoms with E-state index < -0.39 is 5.25 Å². The predicted molar refractivity (Wildman–Crippen MR) is 117 cm³/mol. The average molecular weight is 416 g/mol. The van der Waals surface area contributed by atoms with Gasteiger partial charge in [0.05, 0.1) is 5.69 Å². The van der Waals surface area contributed by atoms with E-state index in [0.29, 0.717) is 15.9 Å². The number of aryl methyl sites for hydroxylation is 3. The molecule has 1 aliphatic rings. The van der Waals surface area contributed by atoms with E-state index in [1.54, 1.807) is 31.3 Å². The average Bonchev–Trinajstić information content (AvgIpc) is 2.88. The summed E-state index contributed by atoms with van der Waals surface area (Å²) in [6.45, 7) is 5.96. The molecule has 0 unspecified atom stereocenters. The van der Waals surface area contributed by atoms with Crippen LogP contribution in [0.3, 0.4) is 0 Å². The van der Waals surface area contributed by atoms with Crippen LogP contribution >= 0.6 is 23.4 Å². The zero-order valence-electron chi connectivity index (χ0n) is 16.2. The Balaban J connectivity index is 1.70. The van der Waals surface area contributed by atoms with Crippen molar-refractivity contribution in [3.05, 3.63) is 58.1 Å². The summed E-state index contributed by atoms with van der Waals surface area (Å²) in [4.78, 5) is 31.1. The fraction of sp³-hybridized carbons (Fsp3) is 0.286. The molecule has 0 radical (unpaired) electrons. The highest BCUT2D eigenvalue weighted by Gasteiger charge is 2.37. The van der Waals surface area contributed by atoms with Gasteiger partial charge in [0.15, 0.2) is 5.17 Å². The van der Waals surface area contributed by atoms with Crippen molar-refractivity contribution in [2.75, 3.05) is 12.4 Å². The highest BCUT2D eigenvalue weighted by molar-refractivity contribution is 8.15. The van der Waals surface area contributed by atoms with Crippen molar-refractivity contribution < 1.29 is 9.59 Å². The van der Waals surface area contributed by atoms with Crippen LogP contribution in [0.4, 0.5) is 11.4 Å². The molecule has 146 valence electrons. The third-order valence-corrected chi connectivity index (χ3v) is 5.98. The van der Waals surface area contributed by atoms with E-state index in [9.17, 15) is 9.59 Å². The highest BCUT2D eigenvalue weighted by atomic mass is 35.5. The predicted octanol–water partition coefficient (Wildman–Crippen LogP) is 4.86. The Labute approximate surface area is 174 Å². The minimum absolute atomic E-state index is 0.0975. The molecular weight excluding hydrogens is 394 g/mol. The van der Waals surface area contributed by atoms with Crippen molar-refractivity contribution >= 4 is 51.7 Å². The van der Waals surface area contributed by atoms with Gasteiger partial charge in [-0.05, 0) is 56.2 Å². The Morgan fingerprint density at radius 1 is 1.18 bits per heavy atom. The molecule has 0 bridgehead atoms. The molecule has 3 rings (SSSR count). The molecule has 5 nitrogen and oxygen atoms in total. The number of nitrogens with zero attached hydrogens (tertiary/aromatic N) is 2. The van der Waals surface area contributed by atoms with Gasteiger partial charge in [-0.15, -0.1) is 0 Å². The number of nitrogens with one attached hydrogen (secondary N) is 1. The maximum absolute atomic E-state index is 12.6.